The van der Waals surface area contributed by atoms with Gasteiger partial charge in [-0.1, -0.05) is 0 Å². The van der Waals surface area contributed by atoms with Gasteiger partial charge in [0.15, 0.2) is 17.0 Å². The van der Waals surface area contributed by atoms with Crippen molar-refractivity contribution in [3.63, 3.8) is 0 Å². The highest BCUT2D eigenvalue weighted by molar-refractivity contribution is 14.1. The smallest absolute Gasteiger partial charge is 0.224 e. The molecule has 0 radical (unpaired) electrons. The minimum absolute atomic E-state index is 0.112. The predicted molar refractivity (Wildman–Crippen MR) is 56.7 cm³/mol. The molecule has 0 amide bonds. The van der Waals surface area contributed by atoms with Crippen LogP contribution in [0.3, 0.4) is 0 Å². The van der Waals surface area contributed by atoms with Crippen molar-refractivity contribution in [3.05, 3.63) is 9.90 Å². The van der Waals surface area contributed by atoms with E-state index < -0.39 is 0 Å². The number of nitrogens with two attached hydrogens (primary N) is 2. The highest BCUT2D eigenvalue weighted by atomic mass is 127. The first-order valence-corrected chi connectivity index (χ1v) is 4.46. The summed E-state index contributed by atoms with van der Waals surface area (Å²) < 4.78 is 0.741. The number of rotatable bonds is 0. The van der Waals surface area contributed by atoms with Crippen LogP contribution < -0.4 is 11.5 Å². The lowest BCUT2D eigenvalue weighted by molar-refractivity contribution is 1.15. The zero-order valence-corrected chi connectivity index (χ0v) is 8.56. The van der Waals surface area contributed by atoms with Crippen molar-refractivity contribution in [2.75, 3.05) is 11.5 Å². The first kappa shape index (κ1) is 8.35. The van der Waals surface area contributed by atoms with Crippen molar-refractivity contribution in [1.82, 2.24) is 19.9 Å². The van der Waals surface area contributed by atoms with Gasteiger partial charge in [0.1, 0.15) is 3.70 Å². The lowest BCUT2D eigenvalue weighted by atomic mass is 10.5. The summed E-state index contributed by atoms with van der Waals surface area (Å²) in [5.74, 6) is 0.369. The maximum Gasteiger partial charge on any atom is 0.224 e. The second-order valence-electron chi connectivity index (χ2n) is 2.33. The molecule has 7 heteroatoms. The highest BCUT2D eigenvalue weighted by Crippen LogP contribution is 2.14. The summed E-state index contributed by atoms with van der Waals surface area (Å²) in [6.45, 7) is 0. The van der Waals surface area contributed by atoms with Crippen molar-refractivity contribution in [3.8, 4) is 0 Å². The molecule has 0 fully saturated rings. The lowest BCUT2D eigenvalue weighted by Crippen LogP contribution is -2.03. The minimum atomic E-state index is 0.112. The Morgan fingerprint density at radius 1 is 1.15 bits per heavy atom. The SMILES string of the molecule is Nc1nc(N)c2nc(I)cnc2n1. The van der Waals surface area contributed by atoms with E-state index in [4.69, 9.17) is 11.5 Å². The standard InChI is InChI=1S/C6H5IN6/c7-2-1-10-5-3(11-2)4(8)12-6(9)13-5/h1H,(H4,8,9,10,12,13). The number of fused-ring (bicyclic) bond motifs is 1. The first-order chi connectivity index (χ1) is 6.16. The monoisotopic (exact) mass is 288 g/mol. The zero-order valence-electron chi connectivity index (χ0n) is 6.40. The molecule has 2 rings (SSSR count). The van der Waals surface area contributed by atoms with Crippen LogP contribution in [-0.4, -0.2) is 19.9 Å². The van der Waals surface area contributed by atoms with Gasteiger partial charge in [-0.25, -0.2) is 9.97 Å². The van der Waals surface area contributed by atoms with Crippen molar-refractivity contribution < 1.29 is 0 Å². The Morgan fingerprint density at radius 2 is 1.92 bits per heavy atom. The summed E-state index contributed by atoms with van der Waals surface area (Å²) in [7, 11) is 0. The van der Waals surface area contributed by atoms with Crippen LogP contribution in [0.4, 0.5) is 11.8 Å². The fourth-order valence-electron chi connectivity index (χ4n) is 0.925. The van der Waals surface area contributed by atoms with Gasteiger partial charge < -0.3 is 11.5 Å². The summed E-state index contributed by atoms with van der Waals surface area (Å²) in [5, 5.41) is 0. The van der Waals surface area contributed by atoms with E-state index in [1.54, 1.807) is 6.20 Å². The lowest BCUT2D eigenvalue weighted by Gasteiger charge is -2.00. The number of hydrogen-bond donors (Lipinski definition) is 2. The topological polar surface area (TPSA) is 104 Å². The van der Waals surface area contributed by atoms with E-state index in [1.165, 1.54) is 0 Å². The average molecular weight is 288 g/mol. The van der Waals surface area contributed by atoms with E-state index in [-0.39, 0.29) is 11.8 Å². The molecule has 0 unspecified atom stereocenters. The van der Waals surface area contributed by atoms with Crippen LogP contribution in [0.1, 0.15) is 0 Å². The van der Waals surface area contributed by atoms with Crippen molar-refractivity contribution in [1.29, 1.82) is 0 Å². The van der Waals surface area contributed by atoms with Crippen LogP contribution in [0.2, 0.25) is 0 Å². The number of hydrogen-bond acceptors (Lipinski definition) is 6. The van der Waals surface area contributed by atoms with Gasteiger partial charge in [-0.2, -0.15) is 9.97 Å². The van der Waals surface area contributed by atoms with Crippen LogP contribution in [0.5, 0.6) is 0 Å². The molecule has 0 spiro atoms. The molecule has 6 nitrogen and oxygen atoms in total. The van der Waals surface area contributed by atoms with Gasteiger partial charge in [0.05, 0.1) is 6.20 Å². The molecular formula is C6H5IN6. The Hall–Kier alpha value is -1.25. The van der Waals surface area contributed by atoms with E-state index in [2.05, 4.69) is 19.9 Å². The summed E-state index contributed by atoms with van der Waals surface area (Å²) >= 11 is 2.04. The van der Waals surface area contributed by atoms with Crippen molar-refractivity contribution in [2.45, 2.75) is 0 Å². The predicted octanol–water partition coefficient (Wildman–Crippen LogP) is 0.189. The van der Waals surface area contributed by atoms with Gasteiger partial charge >= 0.3 is 0 Å². The maximum atomic E-state index is 5.59. The van der Waals surface area contributed by atoms with Crippen LogP contribution in [-0.2, 0) is 0 Å². The first-order valence-electron chi connectivity index (χ1n) is 3.38. The van der Waals surface area contributed by atoms with Crippen molar-refractivity contribution >= 4 is 45.5 Å². The summed E-state index contributed by atoms with van der Waals surface area (Å²) in [6, 6.07) is 0. The van der Waals surface area contributed by atoms with Gasteiger partial charge in [0.25, 0.3) is 0 Å². The zero-order chi connectivity index (χ0) is 9.42. The number of aromatic nitrogens is 4. The fraction of sp³-hybridized carbons (Fsp3) is 0. The third kappa shape index (κ3) is 1.46. The Balaban J connectivity index is 2.87. The second-order valence-corrected chi connectivity index (χ2v) is 3.44. The Kier molecular flexibility index (Phi) is 1.87. The molecule has 0 aliphatic carbocycles. The van der Waals surface area contributed by atoms with E-state index in [9.17, 15) is 0 Å². The maximum absolute atomic E-state index is 5.59. The Morgan fingerprint density at radius 3 is 2.69 bits per heavy atom. The van der Waals surface area contributed by atoms with E-state index in [1.807, 2.05) is 22.6 Å². The molecule has 4 N–H and O–H groups in total. The fourth-order valence-corrected chi connectivity index (χ4v) is 1.31. The summed E-state index contributed by atoms with van der Waals surface area (Å²) in [5.41, 5.74) is 11.9. The minimum Gasteiger partial charge on any atom is -0.382 e. The molecule has 2 aromatic heterocycles. The summed E-state index contributed by atoms with van der Waals surface area (Å²) in [4.78, 5) is 15.8. The third-order valence-corrected chi connectivity index (χ3v) is 1.94. The Bertz CT molecular complexity index is 470. The molecule has 66 valence electrons. The van der Waals surface area contributed by atoms with Gasteiger partial charge in [-0.3, -0.25) is 0 Å². The molecule has 0 saturated carbocycles. The number of nitrogens with zero attached hydrogens (tertiary/aromatic N) is 4. The van der Waals surface area contributed by atoms with E-state index in [0.29, 0.717) is 11.2 Å². The van der Waals surface area contributed by atoms with Crippen LogP contribution in [0.25, 0.3) is 11.2 Å². The van der Waals surface area contributed by atoms with Gasteiger partial charge in [-0.15, -0.1) is 0 Å². The van der Waals surface area contributed by atoms with Crippen LogP contribution in [0, 0.1) is 3.70 Å². The second kappa shape index (κ2) is 2.91. The molecule has 0 bridgehead atoms. The summed E-state index contributed by atoms with van der Waals surface area (Å²) in [6.07, 6.45) is 1.59. The largest absolute Gasteiger partial charge is 0.382 e. The quantitative estimate of drug-likeness (QED) is 0.671. The van der Waals surface area contributed by atoms with E-state index in [0.717, 1.165) is 3.70 Å². The number of anilines is 2. The number of nitrogen functional groups attached to an aromatic ring is 2. The molecule has 0 saturated heterocycles. The molecular weight excluding hydrogens is 283 g/mol. The molecule has 2 heterocycles. The van der Waals surface area contributed by atoms with Gasteiger partial charge in [-0.05, 0) is 22.6 Å². The Labute approximate surface area is 86.9 Å². The molecule has 0 aromatic carbocycles. The number of halogens is 1. The molecule has 0 aliphatic rings. The van der Waals surface area contributed by atoms with Gasteiger partial charge in [0, 0.05) is 0 Å². The average Bonchev–Trinajstić information content (AvgIpc) is 2.06. The normalized spacial score (nSPS) is 10.5. The third-order valence-electron chi connectivity index (χ3n) is 1.42. The van der Waals surface area contributed by atoms with Gasteiger partial charge in [0.2, 0.25) is 5.95 Å². The highest BCUT2D eigenvalue weighted by Gasteiger charge is 2.05. The van der Waals surface area contributed by atoms with Crippen molar-refractivity contribution in [2.24, 2.45) is 0 Å². The van der Waals surface area contributed by atoms with Crippen LogP contribution >= 0.6 is 22.6 Å². The van der Waals surface area contributed by atoms with E-state index >= 15 is 0 Å². The van der Waals surface area contributed by atoms with Crippen LogP contribution in [0.15, 0.2) is 6.20 Å². The molecule has 13 heavy (non-hydrogen) atoms. The molecule has 2 aromatic rings. The molecule has 0 atom stereocenters. The molecule has 0 aliphatic heterocycles.